The highest BCUT2D eigenvalue weighted by Gasteiger charge is 2.12. The third kappa shape index (κ3) is 5.29. The van der Waals surface area contributed by atoms with Crippen molar-refractivity contribution in [2.45, 2.75) is 0 Å². The SMILES string of the molecule is CN(C)CCNC(=O)c1cccc2ccc(-c3ccc(-c4ccccc4)cc3)nc12.Cl. The molecule has 0 spiro atoms. The average molecular weight is 432 g/mol. The number of carbonyl (C=O) groups is 1. The molecule has 4 rings (SSSR count). The molecule has 0 atom stereocenters. The van der Waals surface area contributed by atoms with Gasteiger partial charge in [-0.1, -0.05) is 72.8 Å². The van der Waals surface area contributed by atoms with Crippen LogP contribution >= 0.6 is 12.4 Å². The second-order valence-corrected chi connectivity index (χ2v) is 7.58. The van der Waals surface area contributed by atoms with Gasteiger partial charge in [0, 0.05) is 24.0 Å². The van der Waals surface area contributed by atoms with Crippen LogP contribution in [0.25, 0.3) is 33.3 Å². The largest absolute Gasteiger partial charge is 0.351 e. The predicted molar refractivity (Wildman–Crippen MR) is 131 cm³/mol. The van der Waals surface area contributed by atoms with Crippen LogP contribution in [0.15, 0.2) is 84.9 Å². The van der Waals surface area contributed by atoms with E-state index in [2.05, 4.69) is 41.7 Å². The molecule has 0 unspecified atom stereocenters. The van der Waals surface area contributed by atoms with Gasteiger partial charge in [-0.05, 0) is 37.4 Å². The molecular weight excluding hydrogens is 406 g/mol. The maximum absolute atomic E-state index is 12.7. The molecule has 0 bridgehead atoms. The van der Waals surface area contributed by atoms with Gasteiger partial charge < -0.3 is 10.2 Å². The Balaban J connectivity index is 0.00000272. The van der Waals surface area contributed by atoms with E-state index in [0.29, 0.717) is 12.1 Å². The first-order chi connectivity index (χ1) is 14.6. The van der Waals surface area contributed by atoms with E-state index in [0.717, 1.165) is 28.7 Å². The minimum atomic E-state index is -0.0912. The zero-order chi connectivity index (χ0) is 20.9. The van der Waals surface area contributed by atoms with E-state index in [1.165, 1.54) is 11.1 Å². The molecule has 1 amide bonds. The molecule has 4 aromatic rings. The van der Waals surface area contributed by atoms with E-state index < -0.39 is 0 Å². The number of likely N-dealkylation sites (N-methyl/N-ethyl adjacent to an activating group) is 1. The average Bonchev–Trinajstić information content (AvgIpc) is 2.78. The number of para-hydroxylation sites is 1. The number of hydrogen-bond acceptors (Lipinski definition) is 3. The van der Waals surface area contributed by atoms with Gasteiger partial charge in [-0.3, -0.25) is 4.79 Å². The normalized spacial score (nSPS) is 10.7. The van der Waals surface area contributed by atoms with Crippen molar-refractivity contribution >= 4 is 29.2 Å². The summed E-state index contributed by atoms with van der Waals surface area (Å²) in [6.07, 6.45) is 0. The quantitative estimate of drug-likeness (QED) is 0.451. The summed E-state index contributed by atoms with van der Waals surface area (Å²) in [5, 5.41) is 3.94. The zero-order valence-electron chi connectivity index (χ0n) is 17.7. The molecule has 1 N–H and O–H groups in total. The van der Waals surface area contributed by atoms with Crippen LogP contribution in [0.1, 0.15) is 10.4 Å². The molecule has 0 aliphatic rings. The standard InChI is InChI=1S/C26H25N3O.ClH/c1-29(2)18-17-27-26(30)23-10-6-9-22-15-16-24(28-25(22)23)21-13-11-20(12-14-21)19-7-4-3-5-8-19;/h3-16H,17-18H2,1-2H3,(H,27,30);1H. The van der Waals surface area contributed by atoms with Gasteiger partial charge in [-0.25, -0.2) is 4.98 Å². The van der Waals surface area contributed by atoms with Gasteiger partial charge in [0.2, 0.25) is 0 Å². The first-order valence-electron chi connectivity index (χ1n) is 10.1. The number of fused-ring (bicyclic) bond motifs is 1. The smallest absolute Gasteiger partial charge is 0.253 e. The molecular formula is C26H26ClN3O. The summed E-state index contributed by atoms with van der Waals surface area (Å²) in [6, 6.07) is 28.4. The molecule has 1 heterocycles. The lowest BCUT2D eigenvalue weighted by Crippen LogP contribution is -2.31. The molecule has 0 aliphatic carbocycles. The van der Waals surface area contributed by atoms with Crippen LogP contribution in [0.4, 0.5) is 0 Å². The third-order valence-electron chi connectivity index (χ3n) is 5.10. The van der Waals surface area contributed by atoms with E-state index in [-0.39, 0.29) is 18.3 Å². The Morgan fingerprint density at radius 1 is 0.806 bits per heavy atom. The van der Waals surface area contributed by atoms with Crippen LogP contribution in [-0.2, 0) is 0 Å². The second-order valence-electron chi connectivity index (χ2n) is 7.58. The second kappa shape index (κ2) is 10.2. The Bertz CT molecular complexity index is 1160. The molecule has 0 fully saturated rings. The number of nitrogens with zero attached hydrogens (tertiary/aromatic N) is 2. The van der Waals surface area contributed by atoms with E-state index in [4.69, 9.17) is 4.98 Å². The van der Waals surface area contributed by atoms with Crippen LogP contribution in [0.3, 0.4) is 0 Å². The van der Waals surface area contributed by atoms with Gasteiger partial charge in [0.05, 0.1) is 16.8 Å². The number of aromatic nitrogens is 1. The molecule has 0 saturated carbocycles. The number of halogens is 1. The Morgan fingerprint density at radius 2 is 1.48 bits per heavy atom. The van der Waals surface area contributed by atoms with Crippen molar-refractivity contribution in [3.63, 3.8) is 0 Å². The lowest BCUT2D eigenvalue weighted by molar-refractivity contribution is 0.0952. The lowest BCUT2D eigenvalue weighted by atomic mass is 10.0. The summed E-state index contributed by atoms with van der Waals surface area (Å²) in [4.78, 5) is 19.6. The molecule has 3 aromatic carbocycles. The van der Waals surface area contributed by atoms with E-state index in [9.17, 15) is 4.79 Å². The topological polar surface area (TPSA) is 45.2 Å². The van der Waals surface area contributed by atoms with Gasteiger partial charge in [0.25, 0.3) is 5.91 Å². The Hall–Kier alpha value is -3.21. The summed E-state index contributed by atoms with van der Waals surface area (Å²) in [7, 11) is 3.97. The van der Waals surface area contributed by atoms with Crippen molar-refractivity contribution in [2.75, 3.05) is 27.2 Å². The van der Waals surface area contributed by atoms with Gasteiger partial charge in [0.1, 0.15) is 0 Å². The summed E-state index contributed by atoms with van der Waals surface area (Å²) in [5.74, 6) is -0.0912. The highest BCUT2D eigenvalue weighted by Crippen LogP contribution is 2.26. The molecule has 5 heteroatoms. The predicted octanol–water partition coefficient (Wildman–Crippen LogP) is 5.28. The first kappa shape index (κ1) is 22.5. The van der Waals surface area contributed by atoms with Crippen LogP contribution in [0.2, 0.25) is 0 Å². The van der Waals surface area contributed by atoms with Crippen molar-refractivity contribution in [1.82, 2.24) is 15.2 Å². The van der Waals surface area contributed by atoms with E-state index in [1.54, 1.807) is 0 Å². The maximum atomic E-state index is 12.7. The Labute approximate surface area is 189 Å². The van der Waals surface area contributed by atoms with E-state index >= 15 is 0 Å². The fraction of sp³-hybridized carbons (Fsp3) is 0.154. The van der Waals surface area contributed by atoms with Crippen molar-refractivity contribution in [1.29, 1.82) is 0 Å². The number of pyridine rings is 1. The van der Waals surface area contributed by atoms with Crippen molar-refractivity contribution in [2.24, 2.45) is 0 Å². The summed E-state index contributed by atoms with van der Waals surface area (Å²) in [6.45, 7) is 1.39. The number of rotatable bonds is 6. The number of amides is 1. The van der Waals surface area contributed by atoms with Gasteiger partial charge in [-0.15, -0.1) is 12.4 Å². The zero-order valence-corrected chi connectivity index (χ0v) is 18.5. The molecule has 0 aliphatic heterocycles. The van der Waals surface area contributed by atoms with Crippen LogP contribution in [-0.4, -0.2) is 43.0 Å². The minimum absolute atomic E-state index is 0. The molecule has 31 heavy (non-hydrogen) atoms. The van der Waals surface area contributed by atoms with Gasteiger partial charge in [-0.2, -0.15) is 0 Å². The van der Waals surface area contributed by atoms with Crippen LogP contribution in [0, 0.1) is 0 Å². The summed E-state index contributed by atoms with van der Waals surface area (Å²) in [5.41, 5.74) is 5.57. The molecule has 0 radical (unpaired) electrons. The Kier molecular flexibility index (Phi) is 7.40. The molecule has 1 aromatic heterocycles. The number of nitrogens with one attached hydrogen (secondary N) is 1. The lowest BCUT2D eigenvalue weighted by Gasteiger charge is -2.12. The monoisotopic (exact) mass is 431 g/mol. The third-order valence-corrected chi connectivity index (χ3v) is 5.10. The van der Waals surface area contributed by atoms with Crippen LogP contribution < -0.4 is 5.32 Å². The highest BCUT2D eigenvalue weighted by molar-refractivity contribution is 6.05. The fourth-order valence-electron chi connectivity index (χ4n) is 3.44. The van der Waals surface area contributed by atoms with E-state index in [1.807, 2.05) is 67.5 Å². The first-order valence-corrected chi connectivity index (χ1v) is 10.1. The van der Waals surface area contributed by atoms with Gasteiger partial charge >= 0.3 is 0 Å². The highest BCUT2D eigenvalue weighted by atomic mass is 35.5. The van der Waals surface area contributed by atoms with Crippen molar-refractivity contribution in [3.8, 4) is 22.4 Å². The fourth-order valence-corrected chi connectivity index (χ4v) is 3.44. The number of carbonyl (C=O) groups excluding carboxylic acids is 1. The molecule has 0 saturated heterocycles. The molecule has 158 valence electrons. The van der Waals surface area contributed by atoms with Crippen molar-refractivity contribution < 1.29 is 4.79 Å². The summed E-state index contributed by atoms with van der Waals surface area (Å²) >= 11 is 0. The number of benzene rings is 3. The van der Waals surface area contributed by atoms with Crippen molar-refractivity contribution in [3.05, 3.63) is 90.5 Å². The summed E-state index contributed by atoms with van der Waals surface area (Å²) < 4.78 is 0. The molecule has 4 nitrogen and oxygen atoms in total. The maximum Gasteiger partial charge on any atom is 0.253 e. The van der Waals surface area contributed by atoms with Gasteiger partial charge in [0.15, 0.2) is 0 Å². The Morgan fingerprint density at radius 3 is 2.19 bits per heavy atom. The minimum Gasteiger partial charge on any atom is -0.351 e. The number of hydrogen-bond donors (Lipinski definition) is 1. The van der Waals surface area contributed by atoms with Crippen LogP contribution in [0.5, 0.6) is 0 Å².